The normalized spacial score (nSPS) is 23.8. The van der Waals surface area contributed by atoms with E-state index >= 15 is 0 Å². The number of hydrogen-bond donors (Lipinski definition) is 3. The van der Waals surface area contributed by atoms with Crippen LogP contribution < -0.4 is 5.32 Å². The highest BCUT2D eigenvalue weighted by atomic mass is 16.5. The molecule has 0 saturated carbocycles. The molecule has 0 aromatic carbocycles. The van der Waals surface area contributed by atoms with Crippen LogP contribution >= 0.6 is 0 Å². The Hall–Kier alpha value is -1.14. The molecule has 1 fully saturated rings. The number of carboxylic acids is 1. The molecule has 17 heavy (non-hydrogen) atoms. The van der Waals surface area contributed by atoms with E-state index in [9.17, 15) is 14.7 Å². The molecular formula is C11H19NO5. The van der Waals surface area contributed by atoms with Gasteiger partial charge in [-0.1, -0.05) is 0 Å². The van der Waals surface area contributed by atoms with Crippen LogP contribution in [0.5, 0.6) is 0 Å². The van der Waals surface area contributed by atoms with Gasteiger partial charge in [0.05, 0.1) is 19.1 Å². The molecule has 2 atom stereocenters. The van der Waals surface area contributed by atoms with Gasteiger partial charge < -0.3 is 20.3 Å². The Morgan fingerprint density at radius 1 is 1.47 bits per heavy atom. The summed E-state index contributed by atoms with van der Waals surface area (Å²) < 4.78 is 5.39. The van der Waals surface area contributed by atoms with Gasteiger partial charge in [0.25, 0.3) is 0 Å². The molecule has 0 aromatic heterocycles. The number of hydrogen-bond acceptors (Lipinski definition) is 4. The van der Waals surface area contributed by atoms with E-state index in [4.69, 9.17) is 9.84 Å². The van der Waals surface area contributed by atoms with Gasteiger partial charge in [-0.15, -0.1) is 0 Å². The quantitative estimate of drug-likeness (QED) is 0.628. The lowest BCUT2D eigenvalue weighted by atomic mass is 10.1. The van der Waals surface area contributed by atoms with Crippen LogP contribution in [0.2, 0.25) is 0 Å². The molecule has 1 heterocycles. The fraction of sp³-hybridized carbons (Fsp3) is 0.818. The molecule has 0 aromatic rings. The van der Waals surface area contributed by atoms with Gasteiger partial charge in [0, 0.05) is 6.61 Å². The lowest BCUT2D eigenvalue weighted by Gasteiger charge is -2.23. The van der Waals surface area contributed by atoms with Crippen LogP contribution in [0.4, 0.5) is 0 Å². The predicted molar refractivity (Wildman–Crippen MR) is 59.5 cm³/mol. The van der Waals surface area contributed by atoms with Crippen molar-refractivity contribution in [2.24, 2.45) is 0 Å². The molecule has 1 amide bonds. The van der Waals surface area contributed by atoms with Crippen LogP contribution in [0, 0.1) is 0 Å². The van der Waals surface area contributed by atoms with E-state index in [0.717, 1.165) is 26.2 Å². The largest absolute Gasteiger partial charge is 0.479 e. The summed E-state index contributed by atoms with van der Waals surface area (Å²) in [4.78, 5) is 22.1. The third kappa shape index (κ3) is 4.70. The van der Waals surface area contributed by atoms with Crippen molar-refractivity contribution in [1.82, 2.24) is 5.32 Å². The molecule has 1 aliphatic heterocycles. The number of aliphatic carboxylic acids is 1. The van der Waals surface area contributed by atoms with Crippen molar-refractivity contribution in [2.75, 3.05) is 13.2 Å². The van der Waals surface area contributed by atoms with Gasteiger partial charge in [-0.25, -0.2) is 4.79 Å². The van der Waals surface area contributed by atoms with Gasteiger partial charge in [-0.3, -0.25) is 4.79 Å². The first-order valence-electron chi connectivity index (χ1n) is 5.76. The highest BCUT2D eigenvalue weighted by molar-refractivity contribution is 5.80. The summed E-state index contributed by atoms with van der Waals surface area (Å²) in [5, 5.41) is 20.5. The second-order valence-electron chi connectivity index (χ2n) is 4.55. The van der Waals surface area contributed by atoms with Crippen molar-refractivity contribution in [3.8, 4) is 0 Å². The third-order valence-corrected chi connectivity index (χ3v) is 2.78. The summed E-state index contributed by atoms with van der Waals surface area (Å²) in [6, 6.07) is 0. The van der Waals surface area contributed by atoms with Crippen molar-refractivity contribution >= 4 is 11.9 Å². The average Bonchev–Trinajstić information content (AvgIpc) is 2.28. The van der Waals surface area contributed by atoms with Crippen LogP contribution in [0.25, 0.3) is 0 Å². The highest BCUT2D eigenvalue weighted by Crippen LogP contribution is 2.15. The van der Waals surface area contributed by atoms with Crippen LogP contribution in [0.3, 0.4) is 0 Å². The Morgan fingerprint density at radius 2 is 2.18 bits per heavy atom. The molecule has 98 valence electrons. The van der Waals surface area contributed by atoms with E-state index < -0.39 is 11.6 Å². The van der Waals surface area contributed by atoms with Gasteiger partial charge in [-0.2, -0.15) is 0 Å². The fourth-order valence-corrected chi connectivity index (χ4v) is 1.59. The van der Waals surface area contributed by atoms with Crippen LogP contribution in [0.1, 0.15) is 32.6 Å². The first-order chi connectivity index (χ1) is 7.92. The highest BCUT2D eigenvalue weighted by Gasteiger charge is 2.30. The maximum Gasteiger partial charge on any atom is 0.337 e. The number of carbonyl (C=O) groups excluding carboxylic acids is 1. The zero-order chi connectivity index (χ0) is 12.9. The monoisotopic (exact) mass is 245 g/mol. The van der Waals surface area contributed by atoms with Crippen molar-refractivity contribution < 1.29 is 24.5 Å². The van der Waals surface area contributed by atoms with Gasteiger partial charge in [-0.05, 0) is 26.2 Å². The molecule has 0 radical (unpaired) electrons. The lowest BCUT2D eigenvalue weighted by Crippen LogP contribution is -2.47. The van der Waals surface area contributed by atoms with E-state index in [-0.39, 0.29) is 25.0 Å². The minimum Gasteiger partial charge on any atom is -0.479 e. The number of carbonyl (C=O) groups is 2. The maximum absolute atomic E-state index is 11.5. The van der Waals surface area contributed by atoms with E-state index in [0.29, 0.717) is 6.61 Å². The number of carboxylic acid groups (broad SMARTS) is 1. The summed E-state index contributed by atoms with van der Waals surface area (Å²) in [6.07, 6.45) is 3.05. The van der Waals surface area contributed by atoms with E-state index in [1.807, 2.05) is 0 Å². The summed E-state index contributed by atoms with van der Waals surface area (Å²) in [6.45, 7) is 1.52. The molecule has 1 rings (SSSR count). The maximum atomic E-state index is 11.5. The Morgan fingerprint density at radius 3 is 2.71 bits per heavy atom. The Bertz CT molecular complexity index is 284. The number of nitrogens with one attached hydrogen (secondary N) is 1. The smallest absolute Gasteiger partial charge is 0.337 e. The number of rotatable bonds is 5. The minimum atomic E-state index is -1.93. The van der Waals surface area contributed by atoms with Gasteiger partial charge >= 0.3 is 5.97 Å². The summed E-state index contributed by atoms with van der Waals surface area (Å²) in [7, 11) is 0. The zero-order valence-electron chi connectivity index (χ0n) is 9.94. The topological polar surface area (TPSA) is 95.9 Å². The number of ether oxygens (including phenoxy) is 1. The summed E-state index contributed by atoms with van der Waals surface area (Å²) in [5.41, 5.74) is -1.93. The fourth-order valence-electron chi connectivity index (χ4n) is 1.59. The van der Waals surface area contributed by atoms with Gasteiger partial charge in [0.1, 0.15) is 0 Å². The first-order valence-corrected chi connectivity index (χ1v) is 5.76. The SMILES string of the molecule is CC(O)(CNC(=O)CC1CCCCO1)C(=O)O. The van der Waals surface area contributed by atoms with E-state index in [1.165, 1.54) is 0 Å². The van der Waals surface area contributed by atoms with Crippen molar-refractivity contribution in [3.63, 3.8) is 0 Å². The second kappa shape index (κ2) is 5.97. The molecule has 6 heteroatoms. The standard InChI is InChI=1S/C11H19NO5/c1-11(16,10(14)15)7-12-9(13)6-8-4-2-3-5-17-8/h8,16H,2-7H2,1H3,(H,12,13)(H,14,15). The molecule has 3 N–H and O–H groups in total. The predicted octanol–water partition coefficient (Wildman–Crippen LogP) is -0.103. The molecule has 1 aliphatic rings. The van der Waals surface area contributed by atoms with Gasteiger partial charge in [0.2, 0.25) is 5.91 Å². The molecule has 0 aliphatic carbocycles. The van der Waals surface area contributed by atoms with E-state index in [1.54, 1.807) is 0 Å². The van der Waals surface area contributed by atoms with Gasteiger partial charge in [0.15, 0.2) is 5.60 Å². The number of amides is 1. The van der Waals surface area contributed by atoms with Crippen LogP contribution in [-0.2, 0) is 14.3 Å². The van der Waals surface area contributed by atoms with Crippen LogP contribution in [-0.4, -0.2) is 46.9 Å². The Labute approximate surface area is 100.0 Å². The van der Waals surface area contributed by atoms with Crippen LogP contribution in [0.15, 0.2) is 0 Å². The molecule has 0 spiro atoms. The molecule has 0 bridgehead atoms. The third-order valence-electron chi connectivity index (χ3n) is 2.78. The summed E-state index contributed by atoms with van der Waals surface area (Å²) >= 11 is 0. The van der Waals surface area contributed by atoms with Crippen molar-refractivity contribution in [1.29, 1.82) is 0 Å². The Balaban J connectivity index is 2.27. The number of aliphatic hydroxyl groups is 1. The molecule has 2 unspecified atom stereocenters. The van der Waals surface area contributed by atoms with Crippen molar-refractivity contribution in [3.05, 3.63) is 0 Å². The summed E-state index contributed by atoms with van der Waals surface area (Å²) in [5.74, 6) is -1.65. The van der Waals surface area contributed by atoms with Crippen molar-refractivity contribution in [2.45, 2.75) is 44.3 Å². The zero-order valence-corrected chi connectivity index (χ0v) is 9.94. The molecule has 6 nitrogen and oxygen atoms in total. The second-order valence-corrected chi connectivity index (χ2v) is 4.55. The average molecular weight is 245 g/mol. The molecular weight excluding hydrogens is 226 g/mol. The lowest BCUT2D eigenvalue weighted by molar-refractivity contribution is -0.156. The molecule has 1 saturated heterocycles. The first kappa shape index (κ1) is 13.9. The Kier molecular flexibility index (Phi) is 4.89. The minimum absolute atomic E-state index is 0.0847. The van der Waals surface area contributed by atoms with E-state index in [2.05, 4.69) is 5.32 Å².